The normalized spacial score (nSPS) is 27.1. The van der Waals surface area contributed by atoms with Gasteiger partial charge in [0.2, 0.25) is 0 Å². The van der Waals surface area contributed by atoms with Crippen molar-refractivity contribution in [3.63, 3.8) is 0 Å². The summed E-state index contributed by atoms with van der Waals surface area (Å²) < 4.78 is 56.6. The Morgan fingerprint density at radius 1 is 1.04 bits per heavy atom. The maximum Gasteiger partial charge on any atom is 0.495 e. The zero-order valence-electron chi connectivity index (χ0n) is 15.7. The molecule has 0 radical (unpaired) electrons. The SMILES string of the molecule is C[C@H]1COC/C1=C(/B1OC(C)(C)C(C)(C)O1)c1ccc(C(F)(F)F)cc1. The topological polar surface area (TPSA) is 27.7 Å². The number of alkyl halides is 3. The van der Waals surface area contributed by atoms with E-state index in [0.29, 0.717) is 18.8 Å². The van der Waals surface area contributed by atoms with Gasteiger partial charge < -0.3 is 14.0 Å². The highest BCUT2D eigenvalue weighted by molar-refractivity contribution is 6.69. The molecule has 0 spiro atoms. The summed E-state index contributed by atoms with van der Waals surface area (Å²) >= 11 is 0. The summed E-state index contributed by atoms with van der Waals surface area (Å²) in [6.07, 6.45) is -4.36. The Bertz CT molecular complexity index is 692. The van der Waals surface area contributed by atoms with Crippen molar-refractivity contribution in [1.29, 1.82) is 0 Å². The lowest BCUT2D eigenvalue weighted by Gasteiger charge is -2.32. The summed E-state index contributed by atoms with van der Waals surface area (Å²) in [5, 5.41) is 0. The Balaban J connectivity index is 2.04. The molecule has 0 aromatic heterocycles. The summed E-state index contributed by atoms with van der Waals surface area (Å²) in [6, 6.07) is 5.17. The van der Waals surface area contributed by atoms with Gasteiger partial charge in [0.25, 0.3) is 0 Å². The number of halogens is 3. The molecule has 3 nitrogen and oxygen atoms in total. The van der Waals surface area contributed by atoms with E-state index in [9.17, 15) is 13.2 Å². The van der Waals surface area contributed by atoms with E-state index in [4.69, 9.17) is 14.0 Å². The van der Waals surface area contributed by atoms with Crippen LogP contribution in [-0.4, -0.2) is 31.5 Å². The van der Waals surface area contributed by atoms with Crippen LogP contribution in [-0.2, 0) is 20.2 Å². The largest absolute Gasteiger partial charge is 0.495 e. The summed E-state index contributed by atoms with van der Waals surface area (Å²) in [7, 11) is -0.643. The number of benzene rings is 1. The van der Waals surface area contributed by atoms with E-state index in [-0.39, 0.29) is 5.92 Å². The molecule has 0 saturated carbocycles. The Kier molecular flexibility index (Phi) is 4.78. The van der Waals surface area contributed by atoms with Crippen molar-refractivity contribution in [1.82, 2.24) is 0 Å². The van der Waals surface area contributed by atoms with Gasteiger partial charge >= 0.3 is 13.3 Å². The fourth-order valence-electron chi connectivity index (χ4n) is 3.20. The first-order valence-electron chi connectivity index (χ1n) is 8.76. The second-order valence-corrected chi connectivity index (χ2v) is 8.02. The van der Waals surface area contributed by atoms with E-state index in [1.165, 1.54) is 12.1 Å². The fraction of sp³-hybridized carbons (Fsp3) is 0.579. The van der Waals surface area contributed by atoms with Crippen LogP contribution in [0, 0.1) is 5.92 Å². The van der Waals surface area contributed by atoms with Crippen LogP contribution in [0.15, 0.2) is 29.8 Å². The van der Waals surface area contributed by atoms with Crippen LogP contribution in [0.2, 0.25) is 0 Å². The van der Waals surface area contributed by atoms with Crippen molar-refractivity contribution >= 4 is 12.6 Å². The Morgan fingerprint density at radius 3 is 2.00 bits per heavy atom. The zero-order valence-corrected chi connectivity index (χ0v) is 15.7. The molecule has 0 N–H and O–H groups in total. The Labute approximate surface area is 152 Å². The average molecular weight is 368 g/mol. The van der Waals surface area contributed by atoms with Gasteiger partial charge in [-0.1, -0.05) is 19.1 Å². The molecule has 1 aromatic rings. The van der Waals surface area contributed by atoms with Gasteiger partial charge in [-0.2, -0.15) is 13.2 Å². The summed E-state index contributed by atoms with van der Waals surface area (Å²) in [5.74, 6) is 0.159. The summed E-state index contributed by atoms with van der Waals surface area (Å²) in [6.45, 7) is 10.9. The fourth-order valence-corrected chi connectivity index (χ4v) is 3.20. The van der Waals surface area contributed by atoms with Gasteiger partial charge in [-0.25, -0.2) is 0 Å². The monoisotopic (exact) mass is 368 g/mol. The minimum Gasteiger partial charge on any atom is -0.399 e. The maximum atomic E-state index is 12.9. The minimum absolute atomic E-state index is 0.159. The van der Waals surface area contributed by atoms with Gasteiger partial charge in [0.15, 0.2) is 0 Å². The third kappa shape index (κ3) is 3.44. The van der Waals surface area contributed by atoms with Gasteiger partial charge in [-0.15, -0.1) is 0 Å². The molecule has 26 heavy (non-hydrogen) atoms. The highest BCUT2D eigenvalue weighted by Crippen LogP contribution is 2.43. The van der Waals surface area contributed by atoms with Gasteiger partial charge in [0, 0.05) is 5.92 Å². The molecular weight excluding hydrogens is 344 g/mol. The lowest BCUT2D eigenvalue weighted by atomic mass is 9.69. The summed E-state index contributed by atoms with van der Waals surface area (Å²) in [5.41, 5.74) is 0.737. The van der Waals surface area contributed by atoms with Crippen LogP contribution in [0.1, 0.15) is 45.7 Å². The van der Waals surface area contributed by atoms with Crippen LogP contribution < -0.4 is 0 Å². The third-order valence-electron chi connectivity index (χ3n) is 5.58. The van der Waals surface area contributed by atoms with E-state index in [2.05, 4.69) is 0 Å². The summed E-state index contributed by atoms with van der Waals surface area (Å²) in [4.78, 5) is 0. The first-order chi connectivity index (χ1) is 11.9. The van der Waals surface area contributed by atoms with Crippen LogP contribution in [0.25, 0.3) is 5.47 Å². The molecule has 0 amide bonds. The van der Waals surface area contributed by atoms with E-state index >= 15 is 0 Å². The van der Waals surface area contributed by atoms with Crippen molar-refractivity contribution in [3.8, 4) is 0 Å². The molecular formula is C19H24BF3O3. The lowest BCUT2D eigenvalue weighted by Crippen LogP contribution is -2.41. The van der Waals surface area contributed by atoms with Crippen molar-refractivity contribution < 1.29 is 27.2 Å². The van der Waals surface area contributed by atoms with Gasteiger partial charge in [-0.05, 0) is 56.4 Å². The molecule has 1 atom stereocenters. The molecule has 7 heteroatoms. The van der Waals surface area contributed by atoms with Crippen molar-refractivity contribution in [2.75, 3.05) is 13.2 Å². The molecule has 142 valence electrons. The van der Waals surface area contributed by atoms with Gasteiger partial charge in [0.05, 0.1) is 30.0 Å². The van der Waals surface area contributed by atoms with Crippen LogP contribution >= 0.6 is 0 Å². The minimum atomic E-state index is -4.36. The molecule has 1 aromatic carbocycles. The van der Waals surface area contributed by atoms with Gasteiger partial charge in [0.1, 0.15) is 0 Å². The van der Waals surface area contributed by atoms with E-state index in [1.807, 2.05) is 34.6 Å². The number of hydrogen-bond donors (Lipinski definition) is 0. The first kappa shape index (κ1) is 19.5. The van der Waals surface area contributed by atoms with Crippen molar-refractivity contribution in [2.24, 2.45) is 5.92 Å². The van der Waals surface area contributed by atoms with E-state index in [1.54, 1.807) is 0 Å². The van der Waals surface area contributed by atoms with E-state index in [0.717, 1.165) is 23.2 Å². The van der Waals surface area contributed by atoms with Crippen LogP contribution in [0.3, 0.4) is 0 Å². The molecule has 2 saturated heterocycles. The highest BCUT2D eigenvalue weighted by Gasteiger charge is 2.53. The molecule has 2 heterocycles. The molecule has 0 aliphatic carbocycles. The average Bonchev–Trinajstić information content (AvgIpc) is 3.00. The van der Waals surface area contributed by atoms with Crippen LogP contribution in [0.4, 0.5) is 13.2 Å². The molecule has 2 aliphatic heterocycles. The van der Waals surface area contributed by atoms with Crippen LogP contribution in [0.5, 0.6) is 0 Å². The third-order valence-corrected chi connectivity index (χ3v) is 5.58. The first-order valence-corrected chi connectivity index (χ1v) is 8.76. The molecule has 3 rings (SSSR count). The quantitative estimate of drug-likeness (QED) is 0.705. The lowest BCUT2D eigenvalue weighted by molar-refractivity contribution is -0.137. The number of ether oxygens (including phenoxy) is 1. The smallest absolute Gasteiger partial charge is 0.399 e. The zero-order chi connectivity index (χ0) is 19.3. The highest BCUT2D eigenvalue weighted by atomic mass is 19.4. The second-order valence-electron chi connectivity index (χ2n) is 8.02. The molecule has 0 unspecified atom stereocenters. The van der Waals surface area contributed by atoms with Gasteiger partial charge in [-0.3, -0.25) is 0 Å². The predicted molar refractivity (Wildman–Crippen MR) is 94.4 cm³/mol. The molecule has 2 aliphatic rings. The maximum absolute atomic E-state index is 12.9. The van der Waals surface area contributed by atoms with Crippen molar-refractivity contribution in [3.05, 3.63) is 41.0 Å². The standard InChI is InChI=1S/C19H24BF3O3/c1-12-10-24-11-15(12)16(20-25-17(2,3)18(4,5)26-20)13-6-8-14(9-7-13)19(21,22)23/h6-9,12H,10-11H2,1-5H3/b16-15-/t12-/m0/s1. The second kappa shape index (κ2) is 6.39. The van der Waals surface area contributed by atoms with E-state index < -0.39 is 30.1 Å². The molecule has 2 fully saturated rings. The Hall–Kier alpha value is -1.31. The number of hydrogen-bond acceptors (Lipinski definition) is 3. The predicted octanol–water partition coefficient (Wildman–Crippen LogP) is 4.76. The molecule has 0 bridgehead atoms. The number of rotatable bonds is 2. The van der Waals surface area contributed by atoms with Crippen molar-refractivity contribution in [2.45, 2.75) is 52.0 Å². The Morgan fingerprint density at radius 2 is 1.58 bits per heavy atom.